The van der Waals surface area contributed by atoms with Crippen LogP contribution in [0.2, 0.25) is 0 Å². The molecule has 0 bridgehead atoms. The zero-order chi connectivity index (χ0) is 22.2. The van der Waals surface area contributed by atoms with Crippen LogP contribution in [0.5, 0.6) is 5.88 Å². The van der Waals surface area contributed by atoms with Crippen molar-refractivity contribution < 1.29 is 39.5 Å². The third-order valence-electron chi connectivity index (χ3n) is 3.59. The number of benzene rings is 1. The average molecular weight is 452 g/mol. The van der Waals surface area contributed by atoms with Gasteiger partial charge in [-0.1, -0.05) is 18.2 Å². The number of halogens is 6. The van der Waals surface area contributed by atoms with Crippen LogP contribution in [0.25, 0.3) is 11.0 Å². The van der Waals surface area contributed by atoms with Gasteiger partial charge < -0.3 is 4.74 Å². The number of alkyl halides is 6. The highest BCUT2D eigenvalue weighted by molar-refractivity contribution is 7.93. The molecule has 3 rings (SSSR count). The van der Waals surface area contributed by atoms with Crippen molar-refractivity contribution in [2.24, 2.45) is 0 Å². The molecule has 1 aromatic carbocycles. The predicted molar refractivity (Wildman–Crippen MR) is 91.8 cm³/mol. The van der Waals surface area contributed by atoms with Crippen LogP contribution in [0.3, 0.4) is 0 Å². The van der Waals surface area contributed by atoms with Crippen molar-refractivity contribution in [2.45, 2.75) is 17.8 Å². The lowest BCUT2D eigenvalue weighted by atomic mass is 10.1. The summed E-state index contributed by atoms with van der Waals surface area (Å²) in [7, 11) is -6.00. The Morgan fingerprint density at radius 1 is 0.933 bits per heavy atom. The van der Waals surface area contributed by atoms with Crippen LogP contribution in [0.4, 0.5) is 32.2 Å². The molecular weight excluding hydrogens is 442 g/mol. The normalized spacial score (nSPS) is 13.8. The summed E-state index contributed by atoms with van der Waals surface area (Å²) in [6.07, 6.45) is -5.69. The minimum atomic E-state index is -6.00. The molecule has 3 aromatic rings. The molecule has 0 saturated heterocycles. The fourth-order valence-corrected chi connectivity index (χ4v) is 2.79. The number of aromatic nitrogens is 3. The molecule has 0 amide bonds. The lowest BCUT2D eigenvalue weighted by Gasteiger charge is -2.22. The van der Waals surface area contributed by atoms with Gasteiger partial charge in [0.2, 0.25) is 11.9 Å². The number of ether oxygens (including phenoxy) is 1. The van der Waals surface area contributed by atoms with Crippen molar-refractivity contribution >= 4 is 26.9 Å². The topological polar surface area (TPSA) is 94.1 Å². The number of pyridine rings is 1. The SMILES string of the molecule is O=S(=O)(Nc1nc2ccccc2nc1OC(c1cccnc1)C(F)(F)F)C(F)(F)F. The van der Waals surface area contributed by atoms with Crippen molar-refractivity contribution in [1.29, 1.82) is 0 Å². The molecule has 0 aliphatic heterocycles. The van der Waals surface area contributed by atoms with Gasteiger partial charge >= 0.3 is 21.7 Å². The maximum absolute atomic E-state index is 13.5. The lowest BCUT2D eigenvalue weighted by molar-refractivity contribution is -0.198. The van der Waals surface area contributed by atoms with E-state index >= 15 is 0 Å². The van der Waals surface area contributed by atoms with Gasteiger partial charge in [0, 0.05) is 18.0 Å². The van der Waals surface area contributed by atoms with Crippen LogP contribution in [0, 0.1) is 0 Å². The second-order valence-corrected chi connectivity index (χ2v) is 7.42. The number of hydrogen-bond donors (Lipinski definition) is 1. The molecule has 0 aliphatic rings. The molecule has 1 unspecified atom stereocenters. The van der Waals surface area contributed by atoms with Crippen molar-refractivity contribution in [2.75, 3.05) is 4.72 Å². The van der Waals surface area contributed by atoms with E-state index in [0.29, 0.717) is 0 Å². The number of hydrogen-bond acceptors (Lipinski definition) is 6. The molecule has 160 valence electrons. The minimum absolute atomic E-state index is 0.0328. The molecule has 1 N–H and O–H groups in total. The second-order valence-electron chi connectivity index (χ2n) is 5.74. The van der Waals surface area contributed by atoms with Gasteiger partial charge in [-0.3, -0.25) is 9.71 Å². The maximum atomic E-state index is 13.5. The first-order valence-electron chi connectivity index (χ1n) is 7.87. The molecule has 2 aromatic heterocycles. The number of nitrogens with zero attached hydrogens (tertiary/aromatic N) is 3. The van der Waals surface area contributed by atoms with Crippen LogP contribution in [0.1, 0.15) is 11.7 Å². The Hall–Kier alpha value is -3.16. The smallest absolute Gasteiger partial charge is 0.457 e. The van der Waals surface area contributed by atoms with Crippen LogP contribution in [0.15, 0.2) is 48.8 Å². The Bertz CT molecular complexity index is 1150. The molecule has 0 spiro atoms. The summed E-state index contributed by atoms with van der Waals surface area (Å²) < 4.78 is 108. The van der Waals surface area contributed by atoms with Gasteiger partial charge in [0.25, 0.3) is 5.88 Å². The van der Waals surface area contributed by atoms with Crippen LogP contribution >= 0.6 is 0 Å². The Labute approximate surface area is 164 Å². The summed E-state index contributed by atoms with van der Waals surface area (Å²) in [6.45, 7) is 0. The maximum Gasteiger partial charge on any atom is 0.516 e. The largest absolute Gasteiger partial charge is 0.516 e. The first-order chi connectivity index (χ1) is 13.9. The molecule has 14 heteroatoms. The summed E-state index contributed by atoms with van der Waals surface area (Å²) in [5, 5.41) is 0. The summed E-state index contributed by atoms with van der Waals surface area (Å²) in [5.74, 6) is -2.24. The van der Waals surface area contributed by atoms with Gasteiger partial charge in [-0.15, -0.1) is 0 Å². The fourth-order valence-electron chi connectivity index (χ4n) is 2.28. The summed E-state index contributed by atoms with van der Waals surface area (Å²) in [6, 6.07) is 7.68. The van der Waals surface area contributed by atoms with Gasteiger partial charge in [0.1, 0.15) is 0 Å². The van der Waals surface area contributed by atoms with Crippen molar-refractivity contribution in [3.8, 4) is 5.88 Å². The predicted octanol–water partition coefficient (Wildman–Crippen LogP) is 3.97. The highest BCUT2D eigenvalue weighted by atomic mass is 32.2. The first-order valence-corrected chi connectivity index (χ1v) is 9.36. The van der Waals surface area contributed by atoms with Gasteiger partial charge in [-0.25, -0.2) is 9.97 Å². The second kappa shape index (κ2) is 7.59. The Balaban J connectivity index is 2.13. The third kappa shape index (κ3) is 4.53. The van der Waals surface area contributed by atoms with E-state index in [-0.39, 0.29) is 11.0 Å². The molecule has 1 atom stereocenters. The van der Waals surface area contributed by atoms with Crippen molar-refractivity contribution in [1.82, 2.24) is 15.0 Å². The van der Waals surface area contributed by atoms with Gasteiger partial charge in [0.15, 0.2) is 0 Å². The standard InChI is InChI=1S/C16H10F6N4O3S/c17-15(18,19)12(9-4-3-7-23-8-9)29-14-13(26-30(27,28)16(20,21)22)24-10-5-1-2-6-11(10)25-14/h1-8,12H,(H,24,26). The fraction of sp³-hybridized carbons (Fsp3) is 0.188. The summed E-state index contributed by atoms with van der Waals surface area (Å²) in [4.78, 5) is 10.9. The number of fused-ring (bicyclic) bond motifs is 1. The lowest BCUT2D eigenvalue weighted by Crippen LogP contribution is -2.31. The van der Waals surface area contributed by atoms with E-state index in [0.717, 1.165) is 17.0 Å². The van der Waals surface area contributed by atoms with Crippen LogP contribution in [-0.4, -0.2) is 35.1 Å². The first kappa shape index (κ1) is 21.5. The molecule has 7 nitrogen and oxygen atoms in total. The molecule has 0 fully saturated rings. The minimum Gasteiger partial charge on any atom is -0.457 e. The van der Waals surface area contributed by atoms with E-state index in [1.807, 2.05) is 0 Å². The molecule has 0 radical (unpaired) electrons. The highest BCUT2D eigenvalue weighted by Crippen LogP contribution is 2.39. The average Bonchev–Trinajstić information content (AvgIpc) is 2.64. The summed E-state index contributed by atoms with van der Waals surface area (Å²) in [5.41, 5.74) is -6.33. The number of para-hydroxylation sites is 2. The molecule has 0 saturated carbocycles. The van der Waals surface area contributed by atoms with Gasteiger partial charge in [-0.2, -0.15) is 34.8 Å². The van der Waals surface area contributed by atoms with Crippen molar-refractivity contribution in [3.05, 3.63) is 54.4 Å². The number of sulfonamides is 1. The van der Waals surface area contributed by atoms with Gasteiger partial charge in [-0.05, 0) is 18.2 Å². The third-order valence-corrected chi connectivity index (χ3v) is 4.66. The monoisotopic (exact) mass is 452 g/mol. The Morgan fingerprint density at radius 3 is 2.10 bits per heavy atom. The number of rotatable bonds is 5. The number of anilines is 1. The van der Waals surface area contributed by atoms with Gasteiger partial charge in [0.05, 0.1) is 11.0 Å². The van der Waals surface area contributed by atoms with Crippen molar-refractivity contribution in [3.63, 3.8) is 0 Å². The highest BCUT2D eigenvalue weighted by Gasteiger charge is 2.48. The zero-order valence-corrected chi connectivity index (χ0v) is 15.3. The Kier molecular flexibility index (Phi) is 5.45. The van der Waals surface area contributed by atoms with E-state index in [1.54, 1.807) is 0 Å². The molecule has 2 heterocycles. The van der Waals surface area contributed by atoms with Crippen LogP contribution < -0.4 is 9.46 Å². The Morgan fingerprint density at radius 2 is 1.57 bits per heavy atom. The van der Waals surface area contributed by atoms with Crippen LogP contribution in [-0.2, 0) is 10.0 Å². The van der Waals surface area contributed by atoms with E-state index in [9.17, 15) is 34.8 Å². The van der Waals surface area contributed by atoms with E-state index in [2.05, 4.69) is 15.0 Å². The quantitative estimate of drug-likeness (QED) is 0.589. The molecule has 0 aliphatic carbocycles. The van der Waals surface area contributed by atoms with E-state index in [1.165, 1.54) is 36.5 Å². The number of nitrogens with one attached hydrogen (secondary N) is 1. The summed E-state index contributed by atoms with van der Waals surface area (Å²) >= 11 is 0. The molecular formula is C16H10F6N4O3S. The van der Waals surface area contributed by atoms with E-state index < -0.39 is 45.1 Å². The molecule has 30 heavy (non-hydrogen) atoms. The zero-order valence-electron chi connectivity index (χ0n) is 14.4. The van der Waals surface area contributed by atoms with E-state index in [4.69, 9.17) is 4.74 Å².